The first-order valence-electron chi connectivity index (χ1n) is 8.38. The van der Waals surface area contributed by atoms with E-state index in [0.29, 0.717) is 0 Å². The minimum atomic E-state index is 0.769. The molecule has 0 amide bonds. The molecular formula is C16H35N3. The lowest BCUT2D eigenvalue weighted by molar-refractivity contribution is 0.143. The van der Waals surface area contributed by atoms with E-state index < -0.39 is 0 Å². The van der Waals surface area contributed by atoms with E-state index in [0.717, 1.165) is 12.1 Å². The zero-order valence-corrected chi connectivity index (χ0v) is 13.6. The van der Waals surface area contributed by atoms with E-state index in [-0.39, 0.29) is 0 Å². The fourth-order valence-corrected chi connectivity index (χ4v) is 3.37. The molecule has 0 aromatic rings. The average Bonchev–Trinajstić information content (AvgIpc) is 2.48. The lowest BCUT2D eigenvalue weighted by Crippen LogP contribution is -2.42. The Morgan fingerprint density at radius 2 is 1.53 bits per heavy atom. The maximum Gasteiger partial charge on any atom is 0.00963 e. The van der Waals surface area contributed by atoms with Crippen molar-refractivity contribution in [2.45, 2.75) is 65.0 Å². The van der Waals surface area contributed by atoms with Crippen LogP contribution in [0.3, 0.4) is 0 Å². The Morgan fingerprint density at radius 1 is 0.895 bits per heavy atom. The van der Waals surface area contributed by atoms with Crippen LogP contribution in [0.2, 0.25) is 0 Å². The van der Waals surface area contributed by atoms with Crippen molar-refractivity contribution in [3.05, 3.63) is 0 Å². The second-order valence-corrected chi connectivity index (χ2v) is 5.80. The standard InChI is InChI=1S/C16H35N3/c1-5-18(6-2)13-8-14-19(7-3)16-11-9-15(17-4)10-12-16/h15-17H,5-14H2,1-4H3. The Bertz CT molecular complexity index is 208. The molecule has 1 aliphatic rings. The highest BCUT2D eigenvalue weighted by molar-refractivity contribution is 4.82. The number of rotatable bonds is 9. The Labute approximate surface area is 120 Å². The molecule has 3 nitrogen and oxygen atoms in total. The first kappa shape index (κ1) is 16.9. The lowest BCUT2D eigenvalue weighted by atomic mass is 9.90. The summed E-state index contributed by atoms with van der Waals surface area (Å²) in [5, 5.41) is 3.43. The minimum absolute atomic E-state index is 0.769. The minimum Gasteiger partial charge on any atom is -0.317 e. The van der Waals surface area contributed by atoms with Gasteiger partial charge >= 0.3 is 0 Å². The number of hydrogen-bond donors (Lipinski definition) is 1. The van der Waals surface area contributed by atoms with Gasteiger partial charge in [0.15, 0.2) is 0 Å². The van der Waals surface area contributed by atoms with Gasteiger partial charge in [0.1, 0.15) is 0 Å². The van der Waals surface area contributed by atoms with Gasteiger partial charge in [0.05, 0.1) is 0 Å². The van der Waals surface area contributed by atoms with Crippen LogP contribution in [-0.4, -0.2) is 61.7 Å². The molecule has 114 valence electrons. The fourth-order valence-electron chi connectivity index (χ4n) is 3.37. The predicted octanol–water partition coefficient (Wildman–Crippen LogP) is 2.57. The molecule has 0 radical (unpaired) electrons. The van der Waals surface area contributed by atoms with Crippen molar-refractivity contribution in [1.29, 1.82) is 0 Å². The van der Waals surface area contributed by atoms with Crippen molar-refractivity contribution in [2.24, 2.45) is 0 Å². The number of nitrogens with zero attached hydrogens (tertiary/aromatic N) is 2. The van der Waals surface area contributed by atoms with E-state index in [4.69, 9.17) is 0 Å². The van der Waals surface area contributed by atoms with Gasteiger partial charge in [0.25, 0.3) is 0 Å². The summed E-state index contributed by atoms with van der Waals surface area (Å²) >= 11 is 0. The fraction of sp³-hybridized carbons (Fsp3) is 1.00. The van der Waals surface area contributed by atoms with Gasteiger partial charge in [-0.1, -0.05) is 20.8 Å². The average molecular weight is 269 g/mol. The van der Waals surface area contributed by atoms with Crippen LogP contribution in [0.4, 0.5) is 0 Å². The molecule has 1 rings (SSSR count). The third-order valence-electron chi connectivity index (χ3n) is 4.84. The highest BCUT2D eigenvalue weighted by atomic mass is 15.2. The van der Waals surface area contributed by atoms with Crippen LogP contribution < -0.4 is 5.32 Å². The smallest absolute Gasteiger partial charge is 0.00963 e. The van der Waals surface area contributed by atoms with E-state index in [9.17, 15) is 0 Å². The molecule has 0 aromatic heterocycles. The van der Waals surface area contributed by atoms with Crippen molar-refractivity contribution in [1.82, 2.24) is 15.1 Å². The van der Waals surface area contributed by atoms with Gasteiger partial charge < -0.3 is 15.1 Å². The van der Waals surface area contributed by atoms with E-state index >= 15 is 0 Å². The van der Waals surface area contributed by atoms with E-state index in [1.165, 1.54) is 64.8 Å². The first-order chi connectivity index (χ1) is 9.24. The van der Waals surface area contributed by atoms with E-state index in [1.807, 2.05) is 0 Å². The molecule has 1 saturated carbocycles. The van der Waals surface area contributed by atoms with Crippen LogP contribution in [-0.2, 0) is 0 Å². The summed E-state index contributed by atoms with van der Waals surface area (Å²) < 4.78 is 0. The summed E-state index contributed by atoms with van der Waals surface area (Å²) in [5.41, 5.74) is 0. The SMILES string of the molecule is CCN(CC)CCCN(CC)C1CCC(NC)CC1. The van der Waals surface area contributed by atoms with Crippen molar-refractivity contribution < 1.29 is 0 Å². The van der Waals surface area contributed by atoms with E-state index in [1.54, 1.807) is 0 Å². The van der Waals surface area contributed by atoms with Crippen LogP contribution >= 0.6 is 0 Å². The van der Waals surface area contributed by atoms with Gasteiger partial charge in [-0.2, -0.15) is 0 Å². The molecule has 19 heavy (non-hydrogen) atoms. The van der Waals surface area contributed by atoms with Gasteiger partial charge in [0, 0.05) is 12.1 Å². The molecule has 1 fully saturated rings. The van der Waals surface area contributed by atoms with Crippen molar-refractivity contribution in [3.8, 4) is 0 Å². The molecule has 1 N–H and O–H groups in total. The molecule has 0 saturated heterocycles. The lowest BCUT2D eigenvalue weighted by Gasteiger charge is -2.36. The summed E-state index contributed by atoms with van der Waals surface area (Å²) in [5.74, 6) is 0. The van der Waals surface area contributed by atoms with Crippen molar-refractivity contribution in [3.63, 3.8) is 0 Å². The van der Waals surface area contributed by atoms with Crippen LogP contribution in [0.1, 0.15) is 52.9 Å². The maximum atomic E-state index is 3.43. The molecule has 0 aromatic carbocycles. The predicted molar refractivity (Wildman–Crippen MR) is 84.8 cm³/mol. The van der Waals surface area contributed by atoms with E-state index in [2.05, 4.69) is 42.9 Å². The third kappa shape index (κ3) is 5.80. The quantitative estimate of drug-likeness (QED) is 0.694. The molecule has 3 heteroatoms. The molecule has 0 bridgehead atoms. The molecule has 1 aliphatic carbocycles. The van der Waals surface area contributed by atoms with Crippen LogP contribution in [0.5, 0.6) is 0 Å². The summed E-state index contributed by atoms with van der Waals surface area (Å²) in [4.78, 5) is 5.25. The second-order valence-electron chi connectivity index (χ2n) is 5.80. The van der Waals surface area contributed by atoms with Gasteiger partial charge in [-0.05, 0) is 71.9 Å². The number of nitrogens with one attached hydrogen (secondary N) is 1. The Kier molecular flexibility index (Phi) is 8.67. The maximum absolute atomic E-state index is 3.43. The Morgan fingerprint density at radius 3 is 2.00 bits per heavy atom. The zero-order valence-electron chi connectivity index (χ0n) is 13.6. The second kappa shape index (κ2) is 9.73. The third-order valence-corrected chi connectivity index (χ3v) is 4.84. The highest BCUT2D eigenvalue weighted by Crippen LogP contribution is 2.23. The summed E-state index contributed by atoms with van der Waals surface area (Å²) in [6.45, 7) is 13.0. The first-order valence-corrected chi connectivity index (χ1v) is 8.38. The molecule has 0 unspecified atom stereocenters. The van der Waals surface area contributed by atoms with Gasteiger partial charge in [-0.25, -0.2) is 0 Å². The van der Waals surface area contributed by atoms with Crippen molar-refractivity contribution >= 4 is 0 Å². The van der Waals surface area contributed by atoms with Crippen LogP contribution in [0.15, 0.2) is 0 Å². The number of hydrogen-bond acceptors (Lipinski definition) is 3. The van der Waals surface area contributed by atoms with Gasteiger partial charge in [-0.3, -0.25) is 0 Å². The topological polar surface area (TPSA) is 18.5 Å². The largest absolute Gasteiger partial charge is 0.317 e. The molecular weight excluding hydrogens is 234 g/mol. The highest BCUT2D eigenvalue weighted by Gasteiger charge is 2.23. The Hall–Kier alpha value is -0.120. The van der Waals surface area contributed by atoms with Crippen LogP contribution in [0.25, 0.3) is 0 Å². The van der Waals surface area contributed by atoms with Crippen molar-refractivity contribution in [2.75, 3.05) is 39.8 Å². The summed E-state index contributed by atoms with van der Waals surface area (Å²) in [7, 11) is 2.10. The normalized spacial score (nSPS) is 24.3. The van der Waals surface area contributed by atoms with Crippen LogP contribution in [0, 0.1) is 0 Å². The Balaban J connectivity index is 2.25. The summed E-state index contributed by atoms with van der Waals surface area (Å²) in [6.07, 6.45) is 6.79. The van der Waals surface area contributed by atoms with Gasteiger partial charge in [-0.15, -0.1) is 0 Å². The molecule has 0 atom stereocenters. The zero-order chi connectivity index (χ0) is 14.1. The molecule has 0 heterocycles. The molecule has 0 spiro atoms. The summed E-state index contributed by atoms with van der Waals surface area (Å²) in [6, 6.07) is 1.61. The van der Waals surface area contributed by atoms with Gasteiger partial charge in [0.2, 0.25) is 0 Å². The monoisotopic (exact) mass is 269 g/mol. The molecule has 0 aliphatic heterocycles.